The first-order chi connectivity index (χ1) is 31.8. The van der Waals surface area contributed by atoms with Crippen molar-refractivity contribution >= 4 is 39.0 Å². The first kappa shape index (κ1) is 35.6. The lowest BCUT2D eigenvalue weighted by molar-refractivity contribution is 0.465. The van der Waals surface area contributed by atoms with Crippen LogP contribution in [0, 0.1) is 5.92 Å². The van der Waals surface area contributed by atoms with Crippen LogP contribution in [0.15, 0.2) is 241 Å². The highest BCUT2D eigenvalue weighted by Crippen LogP contribution is 2.66. The minimum atomic E-state index is -0.624. The number of furan rings is 1. The van der Waals surface area contributed by atoms with E-state index in [0.717, 1.165) is 39.0 Å². The van der Waals surface area contributed by atoms with Crippen molar-refractivity contribution < 1.29 is 4.42 Å². The van der Waals surface area contributed by atoms with Gasteiger partial charge in [-0.25, -0.2) is 0 Å². The van der Waals surface area contributed by atoms with Crippen molar-refractivity contribution in [2.24, 2.45) is 5.92 Å². The molecule has 2 heteroatoms. The van der Waals surface area contributed by atoms with E-state index >= 15 is 0 Å². The van der Waals surface area contributed by atoms with E-state index < -0.39 is 5.41 Å². The number of rotatable bonds is 5. The zero-order chi connectivity index (χ0) is 42.0. The number of hydrogen-bond acceptors (Lipinski definition) is 2. The van der Waals surface area contributed by atoms with Gasteiger partial charge in [0.25, 0.3) is 0 Å². The van der Waals surface area contributed by atoms with Gasteiger partial charge in [0, 0.05) is 28.5 Å². The van der Waals surface area contributed by atoms with Gasteiger partial charge in [-0.2, -0.15) is 0 Å². The van der Waals surface area contributed by atoms with E-state index in [1.165, 1.54) is 66.8 Å². The number of allylic oxidation sites excluding steroid dienone is 4. The zero-order valence-corrected chi connectivity index (χ0v) is 35.0. The lowest BCUT2D eigenvalue weighted by atomic mass is 9.65. The Balaban J connectivity index is 1.12. The zero-order valence-electron chi connectivity index (χ0n) is 35.0. The van der Waals surface area contributed by atoms with Gasteiger partial charge in [0.1, 0.15) is 11.2 Å². The second-order valence-corrected chi connectivity index (χ2v) is 17.8. The Labute approximate surface area is 372 Å². The first-order valence-electron chi connectivity index (χ1n) is 22.5. The van der Waals surface area contributed by atoms with E-state index in [-0.39, 0.29) is 17.3 Å². The molecule has 0 saturated heterocycles. The third-order valence-corrected chi connectivity index (χ3v) is 15.0. The van der Waals surface area contributed by atoms with E-state index in [9.17, 15) is 0 Å². The van der Waals surface area contributed by atoms with Crippen LogP contribution >= 0.6 is 0 Å². The van der Waals surface area contributed by atoms with Gasteiger partial charge in [-0.1, -0.05) is 200 Å². The molecule has 0 amide bonds. The molecular weight excluding hydrogens is 775 g/mol. The molecular formula is C62H41NO. The summed E-state index contributed by atoms with van der Waals surface area (Å²) in [5.41, 5.74) is 19.8. The largest absolute Gasteiger partial charge is 0.456 e. The van der Waals surface area contributed by atoms with E-state index in [4.69, 9.17) is 4.42 Å². The summed E-state index contributed by atoms with van der Waals surface area (Å²) in [5.74, 6) is 0.501. The molecule has 2 nitrogen and oxygen atoms in total. The second kappa shape index (κ2) is 13.3. The SMILES string of the molecule is C1=CC2c3ccccc3C3(c4ccccc4-c4ccc(N(c5cccc6c5C(c5ccccc5)(c5ccccc5)c5ccccc5-6)c5cccc6oc7ccccc7c56)cc43)C2C=C1. The monoisotopic (exact) mass is 815 g/mol. The fraction of sp³-hybridized carbons (Fsp3) is 0.0645. The fourth-order valence-electron chi connectivity index (χ4n) is 12.8. The van der Waals surface area contributed by atoms with Crippen molar-refractivity contribution in [3.05, 3.63) is 281 Å². The highest BCUT2D eigenvalue weighted by Gasteiger charge is 2.57. The van der Waals surface area contributed by atoms with Crippen molar-refractivity contribution in [2.75, 3.05) is 4.90 Å². The van der Waals surface area contributed by atoms with E-state index in [0.29, 0.717) is 0 Å². The number of anilines is 3. The Hall–Kier alpha value is -7.94. The maximum absolute atomic E-state index is 6.69. The van der Waals surface area contributed by atoms with Gasteiger partial charge in [0.15, 0.2) is 0 Å². The van der Waals surface area contributed by atoms with Crippen LogP contribution < -0.4 is 4.90 Å². The Bertz CT molecular complexity index is 3550. The summed E-state index contributed by atoms with van der Waals surface area (Å²) in [5, 5.41) is 2.20. The molecule has 300 valence electrons. The van der Waals surface area contributed by atoms with Crippen LogP contribution in [0.1, 0.15) is 50.4 Å². The molecule has 1 aromatic heterocycles. The van der Waals surface area contributed by atoms with Gasteiger partial charge in [-0.3, -0.25) is 0 Å². The van der Waals surface area contributed by atoms with Gasteiger partial charge in [-0.15, -0.1) is 0 Å². The Kier molecular flexibility index (Phi) is 7.40. The molecule has 4 aliphatic rings. The molecule has 0 radical (unpaired) electrons. The van der Waals surface area contributed by atoms with Crippen molar-refractivity contribution in [1.82, 2.24) is 0 Å². The molecule has 4 aliphatic carbocycles. The normalized spacial score (nSPS) is 19.0. The molecule has 14 rings (SSSR count). The van der Waals surface area contributed by atoms with Crippen LogP contribution in [0.4, 0.5) is 17.1 Å². The molecule has 0 bridgehead atoms. The average Bonchev–Trinajstić information content (AvgIpc) is 4.08. The van der Waals surface area contributed by atoms with Gasteiger partial charge < -0.3 is 9.32 Å². The molecule has 0 saturated carbocycles. The maximum Gasteiger partial charge on any atom is 0.137 e. The van der Waals surface area contributed by atoms with E-state index in [2.05, 4.69) is 242 Å². The highest BCUT2D eigenvalue weighted by molar-refractivity contribution is 6.14. The van der Waals surface area contributed by atoms with Crippen molar-refractivity contribution in [1.29, 1.82) is 0 Å². The predicted octanol–water partition coefficient (Wildman–Crippen LogP) is 15.6. The van der Waals surface area contributed by atoms with E-state index in [1.807, 2.05) is 0 Å². The number of hydrogen-bond donors (Lipinski definition) is 0. The summed E-state index contributed by atoms with van der Waals surface area (Å²) in [6.07, 6.45) is 9.42. The third kappa shape index (κ3) is 4.49. The molecule has 3 atom stereocenters. The molecule has 0 N–H and O–H groups in total. The van der Waals surface area contributed by atoms with Crippen molar-refractivity contribution in [2.45, 2.75) is 16.7 Å². The van der Waals surface area contributed by atoms with Crippen LogP contribution in [-0.2, 0) is 10.8 Å². The van der Waals surface area contributed by atoms with Crippen LogP contribution in [-0.4, -0.2) is 0 Å². The van der Waals surface area contributed by atoms with Crippen LogP contribution in [0.3, 0.4) is 0 Å². The lowest BCUT2D eigenvalue weighted by Gasteiger charge is -2.39. The number of fused-ring (bicyclic) bond motifs is 16. The van der Waals surface area contributed by atoms with Crippen molar-refractivity contribution in [3.63, 3.8) is 0 Å². The van der Waals surface area contributed by atoms with Crippen LogP contribution in [0.5, 0.6) is 0 Å². The lowest BCUT2D eigenvalue weighted by Crippen LogP contribution is -2.33. The third-order valence-electron chi connectivity index (χ3n) is 15.0. The molecule has 1 spiro atoms. The van der Waals surface area contributed by atoms with Gasteiger partial charge >= 0.3 is 0 Å². The fourth-order valence-corrected chi connectivity index (χ4v) is 12.8. The minimum absolute atomic E-state index is 0.224. The number of benzene rings is 9. The second-order valence-electron chi connectivity index (χ2n) is 17.8. The molecule has 0 aliphatic heterocycles. The summed E-state index contributed by atoms with van der Waals surface area (Å²) >= 11 is 0. The van der Waals surface area contributed by atoms with Crippen LogP contribution in [0.2, 0.25) is 0 Å². The highest BCUT2D eigenvalue weighted by atomic mass is 16.3. The Morgan fingerprint density at radius 2 is 1.02 bits per heavy atom. The summed E-state index contributed by atoms with van der Waals surface area (Å²) in [6, 6.07) is 79.2. The van der Waals surface area contributed by atoms with Gasteiger partial charge in [0.05, 0.1) is 27.6 Å². The number of para-hydroxylation sites is 1. The standard InChI is InChI=1S/C62H41NO/c1-3-19-40(20-4-1)61(41-21-5-2-6-22-41)50-29-12-10-26-46(50)48-28-17-34-56(60(48)61)63(55-33-18-36-58-59(55)49-27-11-16-35-57(49)64-58)42-37-38-47-45-25-9-15-32-53(45)62(54(47)39-42)51-30-13-7-23-43(51)44-24-8-14-31-52(44)62/h1-39,43,51H. The molecule has 0 fully saturated rings. The van der Waals surface area contributed by atoms with Crippen LogP contribution in [0.25, 0.3) is 44.2 Å². The topological polar surface area (TPSA) is 16.4 Å². The molecule has 64 heavy (non-hydrogen) atoms. The minimum Gasteiger partial charge on any atom is -0.456 e. The molecule has 10 aromatic rings. The Morgan fingerprint density at radius 3 is 1.83 bits per heavy atom. The summed E-state index contributed by atoms with van der Waals surface area (Å²) in [7, 11) is 0. The molecule has 3 unspecified atom stereocenters. The maximum atomic E-state index is 6.69. The van der Waals surface area contributed by atoms with Gasteiger partial charge in [-0.05, 0) is 97.6 Å². The quantitative estimate of drug-likeness (QED) is 0.172. The van der Waals surface area contributed by atoms with Gasteiger partial charge in [0.2, 0.25) is 0 Å². The van der Waals surface area contributed by atoms with Crippen molar-refractivity contribution in [3.8, 4) is 22.3 Å². The first-order valence-corrected chi connectivity index (χ1v) is 22.5. The number of nitrogens with zero attached hydrogens (tertiary/aromatic N) is 1. The van der Waals surface area contributed by atoms with E-state index in [1.54, 1.807) is 0 Å². The predicted molar refractivity (Wildman–Crippen MR) is 262 cm³/mol. The summed E-state index contributed by atoms with van der Waals surface area (Å²) < 4.78 is 6.69. The molecule has 1 heterocycles. The summed E-state index contributed by atoms with van der Waals surface area (Å²) in [6.45, 7) is 0. The Morgan fingerprint density at radius 1 is 0.422 bits per heavy atom. The molecule has 9 aromatic carbocycles. The average molecular weight is 816 g/mol. The smallest absolute Gasteiger partial charge is 0.137 e. The summed E-state index contributed by atoms with van der Waals surface area (Å²) in [4.78, 5) is 2.57.